The zero-order valence-corrected chi connectivity index (χ0v) is 17.2. The summed E-state index contributed by atoms with van der Waals surface area (Å²) in [7, 11) is 4.67. The normalized spacial score (nSPS) is 19.0. The summed E-state index contributed by atoms with van der Waals surface area (Å²) in [6, 6.07) is 10.5. The van der Waals surface area contributed by atoms with Crippen LogP contribution in [0.15, 0.2) is 36.4 Å². The molecule has 1 fully saturated rings. The highest BCUT2D eigenvalue weighted by atomic mass is 16.5. The Balaban J connectivity index is 2.03. The van der Waals surface area contributed by atoms with Crippen LogP contribution in [-0.4, -0.2) is 63.1 Å². The second-order valence-electron chi connectivity index (χ2n) is 6.85. The first-order valence-corrected chi connectivity index (χ1v) is 9.44. The van der Waals surface area contributed by atoms with Gasteiger partial charge in [0.05, 0.1) is 46.1 Å². The van der Waals surface area contributed by atoms with Gasteiger partial charge in [-0.25, -0.2) is 0 Å². The predicted molar refractivity (Wildman–Crippen MR) is 108 cm³/mol. The molecule has 29 heavy (non-hydrogen) atoms. The summed E-state index contributed by atoms with van der Waals surface area (Å²) in [5, 5.41) is 9.91. The number of rotatable bonds is 6. The molecule has 3 rings (SSSR count). The molecule has 0 radical (unpaired) electrons. The Labute approximate surface area is 170 Å². The fourth-order valence-corrected chi connectivity index (χ4v) is 3.67. The summed E-state index contributed by atoms with van der Waals surface area (Å²) in [6.45, 7) is 2.47. The lowest BCUT2D eigenvalue weighted by Crippen LogP contribution is -2.49. The highest BCUT2D eigenvalue weighted by Gasteiger charge is 2.37. The van der Waals surface area contributed by atoms with Crippen LogP contribution in [0.4, 0.5) is 0 Å². The molecule has 0 aliphatic carbocycles. The highest BCUT2D eigenvalue weighted by molar-refractivity contribution is 5.97. The van der Waals surface area contributed by atoms with Crippen LogP contribution in [0.1, 0.15) is 27.5 Å². The minimum atomic E-state index is -0.553. The molecule has 1 heterocycles. The maximum atomic E-state index is 13.5. The molecule has 156 valence electrons. The summed E-state index contributed by atoms with van der Waals surface area (Å²) >= 11 is 0. The van der Waals surface area contributed by atoms with Gasteiger partial charge in [-0.05, 0) is 42.3 Å². The number of carbonyl (C=O) groups is 1. The monoisotopic (exact) mass is 401 g/mol. The van der Waals surface area contributed by atoms with E-state index in [4.69, 9.17) is 18.9 Å². The Morgan fingerprint density at radius 3 is 2.45 bits per heavy atom. The molecule has 2 unspecified atom stereocenters. The summed E-state index contributed by atoms with van der Waals surface area (Å²) in [5.74, 6) is 1.48. The molecule has 7 heteroatoms. The van der Waals surface area contributed by atoms with Crippen LogP contribution >= 0.6 is 0 Å². The summed E-state index contributed by atoms with van der Waals surface area (Å²) in [4.78, 5) is 15.2. The highest BCUT2D eigenvalue weighted by Crippen LogP contribution is 2.37. The summed E-state index contributed by atoms with van der Waals surface area (Å²) in [6.07, 6.45) is -0.553. The van der Waals surface area contributed by atoms with E-state index in [1.807, 2.05) is 31.2 Å². The van der Waals surface area contributed by atoms with Crippen molar-refractivity contribution in [1.82, 2.24) is 4.90 Å². The molecule has 1 saturated heterocycles. The average molecular weight is 401 g/mol. The van der Waals surface area contributed by atoms with Gasteiger partial charge in [0.1, 0.15) is 11.9 Å². The first kappa shape index (κ1) is 21.0. The molecule has 2 atom stereocenters. The third-order valence-electron chi connectivity index (χ3n) is 5.13. The number of aliphatic hydroxyl groups is 1. The van der Waals surface area contributed by atoms with Crippen molar-refractivity contribution in [2.75, 3.05) is 41.1 Å². The molecule has 2 aromatic rings. The number of hydrogen-bond donors (Lipinski definition) is 1. The molecular weight excluding hydrogens is 374 g/mol. The fourth-order valence-electron chi connectivity index (χ4n) is 3.67. The van der Waals surface area contributed by atoms with Crippen LogP contribution in [0.3, 0.4) is 0 Å². The maximum Gasteiger partial charge on any atom is 0.258 e. The van der Waals surface area contributed by atoms with Gasteiger partial charge in [-0.2, -0.15) is 0 Å². The topological polar surface area (TPSA) is 77.5 Å². The minimum Gasteiger partial charge on any atom is -0.496 e. The average Bonchev–Trinajstić information content (AvgIpc) is 2.77. The van der Waals surface area contributed by atoms with Gasteiger partial charge in [-0.1, -0.05) is 12.1 Å². The van der Waals surface area contributed by atoms with Gasteiger partial charge in [-0.3, -0.25) is 4.79 Å². The van der Waals surface area contributed by atoms with E-state index in [1.54, 1.807) is 38.4 Å². The first-order valence-electron chi connectivity index (χ1n) is 9.44. The Bertz CT molecular complexity index is 868. The van der Waals surface area contributed by atoms with Gasteiger partial charge < -0.3 is 29.0 Å². The predicted octanol–water partition coefficient (Wildman–Crippen LogP) is 2.60. The van der Waals surface area contributed by atoms with Crippen LogP contribution < -0.4 is 14.2 Å². The molecule has 7 nitrogen and oxygen atoms in total. The number of methoxy groups -OCH3 is 3. The molecule has 1 aliphatic rings. The Hall–Kier alpha value is -2.77. The van der Waals surface area contributed by atoms with Gasteiger partial charge in [0, 0.05) is 6.54 Å². The van der Waals surface area contributed by atoms with Crippen molar-refractivity contribution in [3.8, 4) is 17.2 Å². The number of hydrogen-bond acceptors (Lipinski definition) is 6. The second-order valence-corrected chi connectivity index (χ2v) is 6.85. The van der Waals surface area contributed by atoms with E-state index in [2.05, 4.69) is 0 Å². The van der Waals surface area contributed by atoms with Gasteiger partial charge >= 0.3 is 0 Å². The number of morpholine rings is 1. The Morgan fingerprint density at radius 2 is 1.79 bits per heavy atom. The number of ether oxygens (including phenoxy) is 4. The number of carbonyl (C=O) groups excluding carboxylic acids is 1. The Morgan fingerprint density at radius 1 is 1.07 bits per heavy atom. The SMILES string of the molecule is COc1ccc(C2C(CO)OCCN2C(=O)c2ccc(C)cc2OC)cc1OC. The largest absolute Gasteiger partial charge is 0.496 e. The number of nitrogens with zero attached hydrogens (tertiary/aromatic N) is 1. The van der Waals surface area contributed by atoms with Crippen LogP contribution in [0, 0.1) is 6.92 Å². The van der Waals surface area contributed by atoms with Crippen molar-refractivity contribution in [3.63, 3.8) is 0 Å². The van der Waals surface area contributed by atoms with Crippen LogP contribution in [0.25, 0.3) is 0 Å². The van der Waals surface area contributed by atoms with E-state index >= 15 is 0 Å². The minimum absolute atomic E-state index is 0.177. The van der Waals surface area contributed by atoms with Crippen LogP contribution in [0.5, 0.6) is 17.2 Å². The van der Waals surface area contributed by atoms with Crippen molar-refractivity contribution in [1.29, 1.82) is 0 Å². The molecule has 1 amide bonds. The molecule has 0 spiro atoms. The van der Waals surface area contributed by atoms with Gasteiger partial charge in [0.2, 0.25) is 0 Å². The number of aliphatic hydroxyl groups excluding tert-OH is 1. The van der Waals surface area contributed by atoms with E-state index in [0.717, 1.165) is 11.1 Å². The van der Waals surface area contributed by atoms with Crippen molar-refractivity contribution in [3.05, 3.63) is 53.1 Å². The van der Waals surface area contributed by atoms with Gasteiger partial charge in [0.25, 0.3) is 5.91 Å². The summed E-state index contributed by atoms with van der Waals surface area (Å²) < 4.78 is 21.9. The van der Waals surface area contributed by atoms with Gasteiger partial charge in [0.15, 0.2) is 11.5 Å². The lowest BCUT2D eigenvalue weighted by Gasteiger charge is -2.41. The smallest absolute Gasteiger partial charge is 0.258 e. The second kappa shape index (κ2) is 9.15. The molecular formula is C22H27NO6. The number of aryl methyl sites for hydroxylation is 1. The maximum absolute atomic E-state index is 13.5. The van der Waals surface area contributed by atoms with Crippen molar-refractivity contribution in [2.24, 2.45) is 0 Å². The van der Waals surface area contributed by atoms with E-state index < -0.39 is 12.1 Å². The van der Waals surface area contributed by atoms with E-state index in [0.29, 0.717) is 36.0 Å². The zero-order chi connectivity index (χ0) is 21.0. The lowest BCUT2D eigenvalue weighted by atomic mass is 9.96. The van der Waals surface area contributed by atoms with Crippen LogP contribution in [0.2, 0.25) is 0 Å². The van der Waals surface area contributed by atoms with Crippen molar-refractivity contribution >= 4 is 5.91 Å². The lowest BCUT2D eigenvalue weighted by molar-refractivity contribution is -0.0812. The van der Waals surface area contributed by atoms with Gasteiger partial charge in [-0.15, -0.1) is 0 Å². The molecule has 0 bridgehead atoms. The molecule has 1 N–H and O–H groups in total. The molecule has 2 aromatic carbocycles. The Kier molecular flexibility index (Phi) is 6.61. The number of benzene rings is 2. The quantitative estimate of drug-likeness (QED) is 0.802. The van der Waals surface area contributed by atoms with Crippen molar-refractivity contribution < 1.29 is 28.8 Å². The molecule has 0 aromatic heterocycles. The third-order valence-corrected chi connectivity index (χ3v) is 5.13. The molecule has 0 saturated carbocycles. The van der Waals surface area contributed by atoms with E-state index in [-0.39, 0.29) is 12.5 Å². The van der Waals surface area contributed by atoms with Crippen LogP contribution in [-0.2, 0) is 4.74 Å². The van der Waals surface area contributed by atoms with E-state index in [1.165, 1.54) is 0 Å². The fraction of sp³-hybridized carbons (Fsp3) is 0.409. The third kappa shape index (κ3) is 4.16. The van der Waals surface area contributed by atoms with E-state index in [9.17, 15) is 9.90 Å². The molecule has 1 aliphatic heterocycles. The van der Waals surface area contributed by atoms with Crippen molar-refractivity contribution in [2.45, 2.75) is 19.1 Å². The standard InChI is InChI=1S/C22H27NO6/c1-14-5-7-16(18(11-14)27-3)22(25)23-9-10-29-20(13-24)21(23)15-6-8-17(26-2)19(12-15)28-4/h5-8,11-12,20-21,24H,9-10,13H2,1-4H3. The first-order chi connectivity index (χ1) is 14.0. The zero-order valence-electron chi connectivity index (χ0n) is 17.2. The summed E-state index contributed by atoms with van der Waals surface area (Å²) in [5.41, 5.74) is 2.27. The number of amides is 1.